The van der Waals surface area contributed by atoms with Crippen LogP contribution in [0.1, 0.15) is 6.42 Å². The highest BCUT2D eigenvalue weighted by Crippen LogP contribution is 2.37. The zero-order chi connectivity index (χ0) is 14.2. The normalized spacial score (nSPS) is 18.9. The van der Waals surface area contributed by atoms with E-state index in [1.807, 2.05) is 0 Å². The van der Waals surface area contributed by atoms with Crippen molar-refractivity contribution in [2.24, 2.45) is 5.92 Å². The quantitative estimate of drug-likeness (QED) is 0.492. The summed E-state index contributed by atoms with van der Waals surface area (Å²) < 4.78 is 0. The molecule has 1 saturated heterocycles. The van der Waals surface area contributed by atoms with Gasteiger partial charge in [0.25, 0.3) is 5.69 Å². The van der Waals surface area contributed by atoms with Gasteiger partial charge in [-0.1, -0.05) is 11.6 Å². The van der Waals surface area contributed by atoms with Crippen LogP contribution >= 0.6 is 11.6 Å². The molecule has 102 valence electrons. The van der Waals surface area contributed by atoms with Gasteiger partial charge in [0, 0.05) is 31.6 Å². The van der Waals surface area contributed by atoms with Crippen molar-refractivity contribution < 1.29 is 14.8 Å². The van der Waals surface area contributed by atoms with Crippen molar-refractivity contribution in [2.75, 3.05) is 23.8 Å². The van der Waals surface area contributed by atoms with Crippen molar-refractivity contribution in [3.63, 3.8) is 0 Å². The summed E-state index contributed by atoms with van der Waals surface area (Å²) in [6.45, 7) is 0.233. The second-order valence-electron chi connectivity index (χ2n) is 4.38. The first-order valence-electron chi connectivity index (χ1n) is 5.58. The molecule has 0 aliphatic carbocycles. The SMILES string of the molecule is Nc1cc([N+](=O)[O-])c(Cl)cc1N1CC(CO)CC1=O. The molecule has 3 N–H and O–H groups in total. The van der Waals surface area contributed by atoms with Crippen LogP contribution in [0.3, 0.4) is 0 Å². The molecule has 1 unspecified atom stereocenters. The van der Waals surface area contributed by atoms with E-state index in [2.05, 4.69) is 0 Å². The van der Waals surface area contributed by atoms with Crippen molar-refractivity contribution in [3.05, 3.63) is 27.3 Å². The summed E-state index contributed by atoms with van der Waals surface area (Å²) in [5.74, 6) is -0.337. The van der Waals surface area contributed by atoms with E-state index in [9.17, 15) is 14.9 Å². The number of nitro benzene ring substituents is 1. The maximum atomic E-state index is 11.8. The van der Waals surface area contributed by atoms with Gasteiger partial charge >= 0.3 is 0 Å². The first-order chi connectivity index (χ1) is 8.93. The van der Waals surface area contributed by atoms with Gasteiger partial charge in [-0.05, 0) is 6.07 Å². The third-order valence-electron chi connectivity index (χ3n) is 3.05. The molecular formula is C11H12ClN3O4. The van der Waals surface area contributed by atoms with Crippen molar-refractivity contribution in [3.8, 4) is 0 Å². The summed E-state index contributed by atoms with van der Waals surface area (Å²) in [5, 5.41) is 19.7. The number of nitrogen functional groups attached to an aromatic ring is 1. The van der Waals surface area contributed by atoms with Crippen LogP contribution in [0.15, 0.2) is 12.1 Å². The van der Waals surface area contributed by atoms with Gasteiger partial charge in [-0.15, -0.1) is 0 Å². The van der Waals surface area contributed by atoms with Crippen LogP contribution in [0.5, 0.6) is 0 Å². The number of rotatable bonds is 3. The summed E-state index contributed by atoms with van der Waals surface area (Å²) in [4.78, 5) is 23.3. The van der Waals surface area contributed by atoms with Crippen LogP contribution in [0.4, 0.5) is 17.1 Å². The lowest BCUT2D eigenvalue weighted by atomic mass is 10.1. The molecule has 1 aliphatic heterocycles. The van der Waals surface area contributed by atoms with E-state index in [1.165, 1.54) is 11.0 Å². The molecule has 0 bridgehead atoms. The van der Waals surface area contributed by atoms with E-state index in [1.54, 1.807) is 0 Å². The largest absolute Gasteiger partial charge is 0.397 e. The molecule has 0 saturated carbocycles. The summed E-state index contributed by atoms with van der Waals surface area (Å²) in [6.07, 6.45) is 0.227. The van der Waals surface area contributed by atoms with E-state index < -0.39 is 4.92 Å². The number of hydrogen-bond donors (Lipinski definition) is 2. The smallest absolute Gasteiger partial charge is 0.290 e. The van der Waals surface area contributed by atoms with Crippen molar-refractivity contribution >= 4 is 34.6 Å². The Morgan fingerprint density at radius 2 is 2.26 bits per heavy atom. The number of anilines is 2. The van der Waals surface area contributed by atoms with Gasteiger partial charge < -0.3 is 15.7 Å². The number of nitro groups is 1. The van der Waals surface area contributed by atoms with E-state index in [0.29, 0.717) is 12.2 Å². The Balaban J connectivity index is 2.39. The number of nitrogens with zero attached hydrogens (tertiary/aromatic N) is 2. The monoisotopic (exact) mass is 285 g/mol. The van der Waals surface area contributed by atoms with Gasteiger partial charge in [-0.25, -0.2) is 0 Å². The summed E-state index contributed by atoms with van der Waals surface area (Å²) in [5.41, 5.74) is 5.90. The fourth-order valence-corrected chi connectivity index (χ4v) is 2.30. The molecule has 1 heterocycles. The first kappa shape index (κ1) is 13.6. The van der Waals surface area contributed by atoms with Crippen LogP contribution in [-0.2, 0) is 4.79 Å². The Morgan fingerprint density at radius 1 is 1.58 bits per heavy atom. The van der Waals surface area contributed by atoms with Gasteiger partial charge in [0.15, 0.2) is 0 Å². The average Bonchev–Trinajstić information content (AvgIpc) is 2.72. The molecule has 1 amide bonds. The number of halogens is 1. The second kappa shape index (κ2) is 5.02. The molecule has 1 atom stereocenters. The second-order valence-corrected chi connectivity index (χ2v) is 4.78. The van der Waals surface area contributed by atoms with Crippen LogP contribution in [0.25, 0.3) is 0 Å². The Kier molecular flexibility index (Phi) is 3.59. The molecule has 0 aromatic heterocycles. The van der Waals surface area contributed by atoms with Crippen molar-refractivity contribution in [1.82, 2.24) is 0 Å². The maximum Gasteiger partial charge on any atom is 0.290 e. The van der Waals surface area contributed by atoms with Crippen LogP contribution < -0.4 is 10.6 Å². The molecule has 1 aliphatic rings. The van der Waals surface area contributed by atoms with Crippen LogP contribution in [0.2, 0.25) is 5.02 Å². The molecular weight excluding hydrogens is 274 g/mol. The summed E-state index contributed by atoms with van der Waals surface area (Å²) >= 11 is 5.81. The van der Waals surface area contributed by atoms with Crippen LogP contribution in [0, 0.1) is 16.0 Å². The maximum absolute atomic E-state index is 11.8. The lowest BCUT2D eigenvalue weighted by Crippen LogP contribution is -2.26. The van der Waals surface area contributed by atoms with Crippen molar-refractivity contribution in [1.29, 1.82) is 0 Å². The predicted molar refractivity (Wildman–Crippen MR) is 70.1 cm³/mol. The molecule has 8 heteroatoms. The molecule has 2 rings (SSSR count). The molecule has 1 aromatic carbocycles. The molecule has 7 nitrogen and oxygen atoms in total. The number of carbonyl (C=O) groups excluding carboxylic acids is 1. The standard InChI is InChI=1S/C11H12ClN3O4/c12-7-2-10(8(13)3-9(7)15(18)19)14-4-6(5-16)1-11(14)17/h2-3,6,16H,1,4-5,13H2. The minimum atomic E-state index is -0.634. The molecule has 1 fully saturated rings. The lowest BCUT2D eigenvalue weighted by Gasteiger charge is -2.18. The number of benzene rings is 1. The van der Waals surface area contributed by atoms with Crippen LogP contribution in [-0.4, -0.2) is 29.1 Å². The highest BCUT2D eigenvalue weighted by Gasteiger charge is 2.32. The number of aliphatic hydroxyl groups excluding tert-OH is 1. The van der Waals surface area contributed by atoms with E-state index in [4.69, 9.17) is 22.4 Å². The Labute approximate surface area is 113 Å². The Morgan fingerprint density at radius 3 is 2.79 bits per heavy atom. The molecule has 19 heavy (non-hydrogen) atoms. The predicted octanol–water partition coefficient (Wildman–Crippen LogP) is 1.18. The van der Waals surface area contributed by atoms with Gasteiger partial charge in [0.05, 0.1) is 16.3 Å². The van der Waals surface area contributed by atoms with Gasteiger partial charge in [-0.2, -0.15) is 0 Å². The number of carbonyl (C=O) groups is 1. The number of amides is 1. The number of hydrogen-bond acceptors (Lipinski definition) is 5. The fraction of sp³-hybridized carbons (Fsp3) is 0.364. The van der Waals surface area contributed by atoms with Gasteiger partial charge in [0.2, 0.25) is 5.91 Å². The van der Waals surface area contributed by atoms with Gasteiger partial charge in [-0.3, -0.25) is 14.9 Å². The molecule has 1 aromatic rings. The molecule has 0 spiro atoms. The van der Waals surface area contributed by atoms with E-state index >= 15 is 0 Å². The lowest BCUT2D eigenvalue weighted by molar-refractivity contribution is -0.384. The van der Waals surface area contributed by atoms with E-state index in [0.717, 1.165) is 6.07 Å². The first-order valence-corrected chi connectivity index (χ1v) is 5.96. The third-order valence-corrected chi connectivity index (χ3v) is 3.35. The summed E-state index contributed by atoms with van der Waals surface area (Å²) in [6, 6.07) is 2.45. The van der Waals surface area contributed by atoms with Gasteiger partial charge in [0.1, 0.15) is 5.02 Å². The minimum absolute atomic E-state index is 0.0746. The van der Waals surface area contributed by atoms with Crippen molar-refractivity contribution in [2.45, 2.75) is 6.42 Å². The highest BCUT2D eigenvalue weighted by atomic mass is 35.5. The number of nitrogens with two attached hydrogens (primary N) is 1. The topological polar surface area (TPSA) is 110 Å². The fourth-order valence-electron chi connectivity index (χ4n) is 2.08. The number of aliphatic hydroxyl groups is 1. The Bertz CT molecular complexity index is 549. The minimum Gasteiger partial charge on any atom is -0.397 e. The summed E-state index contributed by atoms with van der Waals surface area (Å²) in [7, 11) is 0. The average molecular weight is 286 g/mol. The third kappa shape index (κ3) is 2.47. The zero-order valence-electron chi connectivity index (χ0n) is 9.88. The Hall–Kier alpha value is -1.86. The highest BCUT2D eigenvalue weighted by molar-refractivity contribution is 6.33. The van der Waals surface area contributed by atoms with E-state index in [-0.39, 0.29) is 41.3 Å². The zero-order valence-corrected chi connectivity index (χ0v) is 10.6. The molecule has 0 radical (unpaired) electrons.